The van der Waals surface area contributed by atoms with Gasteiger partial charge in [-0.3, -0.25) is 14.9 Å². The first-order chi connectivity index (χ1) is 13.6. The number of non-ortho nitro benzene ring substituents is 1. The smallest absolute Gasteiger partial charge is 0.270 e. The fraction of sp³-hybridized carbons (Fsp3) is 0.350. The van der Waals surface area contributed by atoms with Crippen molar-refractivity contribution in [1.82, 2.24) is 9.21 Å². The summed E-state index contributed by atoms with van der Waals surface area (Å²) in [6, 6.07) is 9.44. The molecule has 9 heteroatoms. The summed E-state index contributed by atoms with van der Waals surface area (Å²) >= 11 is 0. The third-order valence-corrected chi connectivity index (χ3v) is 7.18. The van der Waals surface area contributed by atoms with E-state index in [0.717, 1.165) is 17.2 Å². The van der Waals surface area contributed by atoms with E-state index >= 15 is 0 Å². The number of piperazine rings is 1. The molecule has 1 fully saturated rings. The molecule has 29 heavy (non-hydrogen) atoms. The van der Waals surface area contributed by atoms with Crippen LogP contribution in [-0.2, 0) is 10.0 Å². The Kier molecular flexibility index (Phi) is 5.72. The van der Waals surface area contributed by atoms with Gasteiger partial charge < -0.3 is 4.90 Å². The van der Waals surface area contributed by atoms with Crippen LogP contribution in [0.4, 0.5) is 5.69 Å². The maximum absolute atomic E-state index is 13.0. The largest absolute Gasteiger partial charge is 0.336 e. The molecule has 0 bridgehead atoms. The summed E-state index contributed by atoms with van der Waals surface area (Å²) < 4.78 is 27.3. The standard InChI is InChI=1S/C20H23N3O5S/c1-14-4-7-18(16(3)12-14)20(24)21-8-10-22(11-9-21)29(27,28)19-13-17(23(25)26)6-5-15(19)2/h4-7,12-13H,8-11H2,1-3H3. The number of amides is 1. The molecule has 3 rings (SSSR count). The van der Waals surface area contributed by atoms with Crippen LogP contribution in [0.5, 0.6) is 0 Å². The number of nitro groups is 1. The SMILES string of the molecule is Cc1ccc(C(=O)N2CCN(S(=O)(=O)c3cc([N+](=O)[O-])ccc3C)CC2)c(C)c1. The second-order valence-corrected chi connectivity index (χ2v) is 9.13. The van der Waals surface area contributed by atoms with Gasteiger partial charge in [-0.25, -0.2) is 8.42 Å². The molecule has 0 aromatic heterocycles. The monoisotopic (exact) mass is 417 g/mol. The van der Waals surface area contributed by atoms with Crippen molar-refractivity contribution in [3.8, 4) is 0 Å². The molecule has 0 saturated carbocycles. The van der Waals surface area contributed by atoms with Gasteiger partial charge in [-0.2, -0.15) is 4.31 Å². The zero-order valence-corrected chi connectivity index (χ0v) is 17.4. The maximum Gasteiger partial charge on any atom is 0.270 e. The Balaban J connectivity index is 1.77. The predicted molar refractivity (Wildman–Crippen MR) is 108 cm³/mol. The van der Waals surface area contributed by atoms with E-state index in [1.807, 2.05) is 26.0 Å². The zero-order valence-electron chi connectivity index (χ0n) is 16.6. The summed E-state index contributed by atoms with van der Waals surface area (Å²) in [7, 11) is -3.89. The Bertz CT molecular complexity index is 1070. The average Bonchev–Trinajstić information content (AvgIpc) is 2.67. The van der Waals surface area contributed by atoms with E-state index in [4.69, 9.17) is 0 Å². The molecule has 0 aliphatic carbocycles. The topological polar surface area (TPSA) is 101 Å². The first-order valence-corrected chi connectivity index (χ1v) is 10.7. The second-order valence-electron chi connectivity index (χ2n) is 7.22. The second kappa shape index (κ2) is 7.92. The molecule has 0 unspecified atom stereocenters. The molecule has 1 aliphatic rings. The first kappa shape index (κ1) is 20.9. The minimum absolute atomic E-state index is 0.0687. The number of carbonyl (C=O) groups is 1. The minimum atomic E-state index is -3.89. The van der Waals surface area contributed by atoms with Gasteiger partial charge in [0.2, 0.25) is 10.0 Å². The van der Waals surface area contributed by atoms with Crippen LogP contribution >= 0.6 is 0 Å². The van der Waals surface area contributed by atoms with E-state index in [-0.39, 0.29) is 42.7 Å². The average molecular weight is 417 g/mol. The van der Waals surface area contributed by atoms with Crippen molar-refractivity contribution < 1.29 is 18.1 Å². The highest BCUT2D eigenvalue weighted by atomic mass is 32.2. The number of sulfonamides is 1. The van der Waals surface area contributed by atoms with Crippen LogP contribution in [0, 0.1) is 30.9 Å². The Morgan fingerprint density at radius 2 is 1.62 bits per heavy atom. The Morgan fingerprint density at radius 1 is 0.966 bits per heavy atom. The van der Waals surface area contributed by atoms with E-state index in [2.05, 4.69) is 0 Å². The Labute approximate surface area is 169 Å². The van der Waals surface area contributed by atoms with Crippen molar-refractivity contribution in [2.75, 3.05) is 26.2 Å². The van der Waals surface area contributed by atoms with Gasteiger partial charge in [0.1, 0.15) is 0 Å². The predicted octanol–water partition coefficient (Wildman–Crippen LogP) is 2.67. The molecule has 2 aromatic carbocycles. The van der Waals surface area contributed by atoms with Crippen LogP contribution in [0.1, 0.15) is 27.0 Å². The molecule has 0 N–H and O–H groups in total. The Morgan fingerprint density at radius 3 is 2.21 bits per heavy atom. The highest BCUT2D eigenvalue weighted by Gasteiger charge is 2.32. The van der Waals surface area contributed by atoms with Crippen molar-refractivity contribution >= 4 is 21.6 Å². The number of rotatable bonds is 4. The summed E-state index contributed by atoms with van der Waals surface area (Å²) in [4.78, 5) is 24.8. The summed E-state index contributed by atoms with van der Waals surface area (Å²) in [5.74, 6) is -0.119. The maximum atomic E-state index is 13.0. The third-order valence-electron chi connectivity index (χ3n) is 5.14. The van der Waals surface area contributed by atoms with E-state index < -0.39 is 14.9 Å². The van der Waals surface area contributed by atoms with Gasteiger partial charge in [0, 0.05) is 43.9 Å². The first-order valence-electron chi connectivity index (χ1n) is 9.23. The number of nitrogens with zero attached hydrogens (tertiary/aromatic N) is 3. The fourth-order valence-electron chi connectivity index (χ4n) is 3.47. The molecule has 1 saturated heterocycles. The van der Waals surface area contributed by atoms with Crippen LogP contribution in [0.15, 0.2) is 41.3 Å². The summed E-state index contributed by atoms with van der Waals surface area (Å²) in [5, 5.41) is 11.0. The van der Waals surface area contributed by atoms with Crippen molar-refractivity contribution in [3.05, 3.63) is 68.8 Å². The highest BCUT2D eigenvalue weighted by molar-refractivity contribution is 7.89. The van der Waals surface area contributed by atoms with Crippen molar-refractivity contribution in [1.29, 1.82) is 0 Å². The normalized spacial score (nSPS) is 15.3. The molecule has 154 valence electrons. The molecule has 0 atom stereocenters. The summed E-state index contributed by atoms with van der Waals surface area (Å²) in [6.45, 7) is 6.25. The molecule has 0 spiro atoms. The Hall–Kier alpha value is -2.78. The van der Waals surface area contributed by atoms with Crippen LogP contribution in [0.3, 0.4) is 0 Å². The zero-order chi connectivity index (χ0) is 21.3. The van der Waals surface area contributed by atoms with Gasteiger partial charge in [0.15, 0.2) is 0 Å². The number of benzene rings is 2. The molecular formula is C20H23N3O5S. The van der Waals surface area contributed by atoms with E-state index in [1.54, 1.807) is 17.9 Å². The molecule has 8 nitrogen and oxygen atoms in total. The molecule has 1 heterocycles. The van der Waals surface area contributed by atoms with Crippen LogP contribution in [0.25, 0.3) is 0 Å². The van der Waals surface area contributed by atoms with Gasteiger partial charge in [-0.1, -0.05) is 23.8 Å². The van der Waals surface area contributed by atoms with Crippen LogP contribution in [0.2, 0.25) is 0 Å². The highest BCUT2D eigenvalue weighted by Crippen LogP contribution is 2.26. The van der Waals surface area contributed by atoms with Gasteiger partial charge in [0.05, 0.1) is 9.82 Å². The lowest BCUT2D eigenvalue weighted by Gasteiger charge is -2.34. The van der Waals surface area contributed by atoms with Crippen molar-refractivity contribution in [2.45, 2.75) is 25.7 Å². The van der Waals surface area contributed by atoms with E-state index in [9.17, 15) is 23.3 Å². The quantitative estimate of drug-likeness (QED) is 0.562. The third kappa shape index (κ3) is 4.15. The number of hydrogen-bond acceptors (Lipinski definition) is 5. The van der Waals surface area contributed by atoms with Crippen molar-refractivity contribution in [3.63, 3.8) is 0 Å². The van der Waals surface area contributed by atoms with E-state index in [0.29, 0.717) is 11.1 Å². The molecule has 1 aliphatic heterocycles. The van der Waals surface area contributed by atoms with Gasteiger partial charge >= 0.3 is 0 Å². The summed E-state index contributed by atoms with van der Waals surface area (Å²) in [6.07, 6.45) is 0. The van der Waals surface area contributed by atoms with Gasteiger partial charge in [-0.15, -0.1) is 0 Å². The number of aryl methyl sites for hydroxylation is 3. The van der Waals surface area contributed by atoms with Crippen molar-refractivity contribution in [2.24, 2.45) is 0 Å². The molecule has 2 aromatic rings. The lowest BCUT2D eigenvalue weighted by molar-refractivity contribution is -0.385. The lowest BCUT2D eigenvalue weighted by Crippen LogP contribution is -2.50. The molecule has 1 amide bonds. The van der Waals surface area contributed by atoms with E-state index in [1.165, 1.54) is 16.4 Å². The number of hydrogen-bond donors (Lipinski definition) is 0. The van der Waals surface area contributed by atoms with Crippen LogP contribution in [-0.4, -0.2) is 54.6 Å². The van der Waals surface area contributed by atoms with Gasteiger partial charge in [0.25, 0.3) is 11.6 Å². The minimum Gasteiger partial charge on any atom is -0.336 e. The fourth-order valence-corrected chi connectivity index (χ4v) is 5.14. The lowest BCUT2D eigenvalue weighted by atomic mass is 10.0. The molecular weight excluding hydrogens is 394 g/mol. The van der Waals surface area contributed by atoms with Gasteiger partial charge in [-0.05, 0) is 38.0 Å². The van der Waals surface area contributed by atoms with Crippen LogP contribution < -0.4 is 0 Å². The number of carbonyl (C=O) groups excluding carboxylic acids is 1. The summed E-state index contributed by atoms with van der Waals surface area (Å²) in [5.41, 5.74) is 2.75. The number of nitro benzene ring substituents is 1. The molecule has 0 radical (unpaired) electrons.